The van der Waals surface area contributed by atoms with E-state index in [4.69, 9.17) is 4.74 Å². The van der Waals surface area contributed by atoms with E-state index < -0.39 is 28.5 Å². The standard InChI is InChI=1S/C25H35N3O5S/c1-6-15-26-25(30)23(7-2)27(17-20-9-8-10-22(16-20)33-4)24(29)18-28(34(5,31)32)21-13-11-19(3)12-14-21/h8-14,16,23H,6-7,15,17-18H2,1-5H3,(H,26,30). The number of methoxy groups -OCH3 is 1. The third kappa shape index (κ3) is 7.48. The van der Waals surface area contributed by atoms with Crippen LogP contribution < -0.4 is 14.4 Å². The summed E-state index contributed by atoms with van der Waals surface area (Å²) in [6.45, 7) is 5.90. The molecule has 0 saturated heterocycles. The van der Waals surface area contributed by atoms with Crippen LogP contribution in [0, 0.1) is 6.92 Å². The number of anilines is 1. The van der Waals surface area contributed by atoms with Gasteiger partial charge < -0.3 is 15.0 Å². The number of hydrogen-bond donors (Lipinski definition) is 1. The molecule has 2 aromatic rings. The topological polar surface area (TPSA) is 96.0 Å². The van der Waals surface area contributed by atoms with Crippen LogP contribution in [-0.2, 0) is 26.2 Å². The summed E-state index contributed by atoms with van der Waals surface area (Å²) in [6, 6.07) is 13.4. The van der Waals surface area contributed by atoms with Gasteiger partial charge in [0.2, 0.25) is 21.8 Å². The van der Waals surface area contributed by atoms with Crippen LogP contribution in [0.3, 0.4) is 0 Å². The Bertz CT molecular complexity index is 1070. The van der Waals surface area contributed by atoms with Gasteiger partial charge in [0.15, 0.2) is 0 Å². The highest BCUT2D eigenvalue weighted by Crippen LogP contribution is 2.21. The molecule has 2 rings (SSSR count). The van der Waals surface area contributed by atoms with Gasteiger partial charge in [0, 0.05) is 13.1 Å². The van der Waals surface area contributed by atoms with Crippen molar-refractivity contribution in [3.8, 4) is 5.75 Å². The number of carbonyl (C=O) groups excluding carboxylic acids is 2. The summed E-state index contributed by atoms with van der Waals surface area (Å²) in [5.41, 5.74) is 2.14. The zero-order valence-electron chi connectivity index (χ0n) is 20.6. The number of aryl methyl sites for hydroxylation is 1. The molecule has 0 aromatic heterocycles. The Hall–Kier alpha value is -3.07. The Labute approximate surface area is 202 Å². The first-order chi connectivity index (χ1) is 16.1. The van der Waals surface area contributed by atoms with Crippen molar-refractivity contribution in [2.24, 2.45) is 0 Å². The SMILES string of the molecule is CCCNC(=O)C(CC)N(Cc1cccc(OC)c1)C(=O)CN(c1ccc(C)cc1)S(C)(=O)=O. The maximum absolute atomic E-state index is 13.6. The zero-order chi connectivity index (χ0) is 25.3. The molecular weight excluding hydrogens is 454 g/mol. The number of nitrogens with zero attached hydrogens (tertiary/aromatic N) is 2. The third-order valence-electron chi connectivity index (χ3n) is 5.42. The van der Waals surface area contributed by atoms with Gasteiger partial charge in [-0.1, -0.05) is 43.7 Å². The smallest absolute Gasteiger partial charge is 0.244 e. The molecule has 0 aliphatic rings. The fourth-order valence-corrected chi connectivity index (χ4v) is 4.43. The van der Waals surface area contributed by atoms with Crippen molar-refractivity contribution < 1.29 is 22.7 Å². The van der Waals surface area contributed by atoms with Crippen LogP contribution in [0.4, 0.5) is 5.69 Å². The van der Waals surface area contributed by atoms with E-state index in [9.17, 15) is 18.0 Å². The van der Waals surface area contributed by atoms with E-state index in [1.54, 1.807) is 43.5 Å². The Morgan fingerprint density at radius 1 is 1.09 bits per heavy atom. The fourth-order valence-electron chi connectivity index (χ4n) is 3.58. The number of benzene rings is 2. The highest BCUT2D eigenvalue weighted by molar-refractivity contribution is 7.92. The van der Waals surface area contributed by atoms with Gasteiger partial charge in [-0.05, 0) is 49.6 Å². The number of amides is 2. The van der Waals surface area contributed by atoms with E-state index in [1.165, 1.54) is 4.90 Å². The molecule has 2 aromatic carbocycles. The lowest BCUT2D eigenvalue weighted by Gasteiger charge is -2.33. The summed E-state index contributed by atoms with van der Waals surface area (Å²) in [6.07, 6.45) is 2.22. The summed E-state index contributed by atoms with van der Waals surface area (Å²) in [7, 11) is -2.19. The maximum Gasteiger partial charge on any atom is 0.244 e. The predicted molar refractivity (Wildman–Crippen MR) is 134 cm³/mol. The molecule has 0 saturated carbocycles. The molecule has 9 heteroatoms. The first kappa shape index (κ1) is 27.2. The first-order valence-corrected chi connectivity index (χ1v) is 13.2. The minimum Gasteiger partial charge on any atom is -0.497 e. The molecule has 0 radical (unpaired) electrons. The summed E-state index contributed by atoms with van der Waals surface area (Å²) >= 11 is 0. The summed E-state index contributed by atoms with van der Waals surface area (Å²) in [4.78, 5) is 28.0. The van der Waals surface area contributed by atoms with Crippen LogP contribution in [0.25, 0.3) is 0 Å². The lowest BCUT2D eigenvalue weighted by molar-refractivity contribution is -0.140. The van der Waals surface area contributed by atoms with E-state index in [0.29, 0.717) is 24.4 Å². The number of sulfonamides is 1. The van der Waals surface area contributed by atoms with Gasteiger partial charge in [0.1, 0.15) is 18.3 Å². The normalized spacial score (nSPS) is 12.0. The van der Waals surface area contributed by atoms with Crippen molar-refractivity contribution in [3.63, 3.8) is 0 Å². The minimum absolute atomic E-state index is 0.138. The molecule has 0 aliphatic heterocycles. The van der Waals surface area contributed by atoms with E-state index in [-0.39, 0.29) is 12.5 Å². The lowest BCUT2D eigenvalue weighted by Crippen LogP contribution is -2.52. The van der Waals surface area contributed by atoms with Crippen molar-refractivity contribution >= 4 is 27.5 Å². The van der Waals surface area contributed by atoms with Gasteiger partial charge in [-0.15, -0.1) is 0 Å². The van der Waals surface area contributed by atoms with Crippen molar-refractivity contribution in [2.45, 2.75) is 46.2 Å². The Morgan fingerprint density at radius 2 is 1.76 bits per heavy atom. The number of rotatable bonds is 12. The van der Waals surface area contributed by atoms with Gasteiger partial charge in [-0.3, -0.25) is 13.9 Å². The number of nitrogens with one attached hydrogen (secondary N) is 1. The second-order valence-electron chi connectivity index (χ2n) is 8.19. The fraction of sp³-hybridized carbons (Fsp3) is 0.440. The van der Waals surface area contributed by atoms with Crippen LogP contribution in [0.2, 0.25) is 0 Å². The maximum atomic E-state index is 13.6. The molecule has 0 aliphatic carbocycles. The second kappa shape index (κ2) is 12.4. The van der Waals surface area contributed by atoms with E-state index in [0.717, 1.165) is 28.1 Å². The largest absolute Gasteiger partial charge is 0.497 e. The summed E-state index contributed by atoms with van der Waals surface area (Å²) in [5, 5.41) is 2.86. The first-order valence-electron chi connectivity index (χ1n) is 11.3. The minimum atomic E-state index is -3.74. The van der Waals surface area contributed by atoms with Crippen molar-refractivity contribution in [1.82, 2.24) is 10.2 Å². The molecule has 0 heterocycles. The van der Waals surface area contributed by atoms with Gasteiger partial charge in [-0.25, -0.2) is 8.42 Å². The quantitative estimate of drug-likeness (QED) is 0.494. The number of hydrogen-bond acceptors (Lipinski definition) is 5. The number of carbonyl (C=O) groups is 2. The Morgan fingerprint density at radius 3 is 2.32 bits per heavy atom. The molecule has 0 spiro atoms. The van der Waals surface area contributed by atoms with Crippen LogP contribution in [0.1, 0.15) is 37.8 Å². The molecule has 186 valence electrons. The predicted octanol–water partition coefficient (Wildman–Crippen LogP) is 3.10. The molecule has 34 heavy (non-hydrogen) atoms. The molecule has 1 N–H and O–H groups in total. The Kier molecular flexibility index (Phi) is 9.92. The second-order valence-corrected chi connectivity index (χ2v) is 10.1. The molecule has 2 amide bonds. The zero-order valence-corrected chi connectivity index (χ0v) is 21.4. The molecule has 0 fully saturated rings. The average molecular weight is 490 g/mol. The lowest BCUT2D eigenvalue weighted by atomic mass is 10.1. The van der Waals surface area contributed by atoms with E-state index >= 15 is 0 Å². The summed E-state index contributed by atoms with van der Waals surface area (Å²) in [5.74, 6) is -0.0973. The average Bonchev–Trinajstić information content (AvgIpc) is 2.81. The van der Waals surface area contributed by atoms with Crippen LogP contribution in [0.15, 0.2) is 48.5 Å². The third-order valence-corrected chi connectivity index (χ3v) is 6.56. The van der Waals surface area contributed by atoms with E-state index in [2.05, 4.69) is 5.32 Å². The van der Waals surface area contributed by atoms with Gasteiger partial charge in [0.05, 0.1) is 19.1 Å². The monoisotopic (exact) mass is 489 g/mol. The Balaban J connectivity index is 2.42. The molecule has 0 bridgehead atoms. The van der Waals surface area contributed by atoms with Crippen molar-refractivity contribution in [2.75, 3.05) is 30.8 Å². The van der Waals surface area contributed by atoms with Crippen molar-refractivity contribution in [3.05, 3.63) is 59.7 Å². The van der Waals surface area contributed by atoms with E-state index in [1.807, 2.05) is 32.9 Å². The molecule has 1 unspecified atom stereocenters. The van der Waals surface area contributed by atoms with Gasteiger partial charge >= 0.3 is 0 Å². The molecular formula is C25H35N3O5S. The van der Waals surface area contributed by atoms with Crippen LogP contribution >= 0.6 is 0 Å². The van der Waals surface area contributed by atoms with Gasteiger partial charge in [-0.2, -0.15) is 0 Å². The highest BCUT2D eigenvalue weighted by atomic mass is 32.2. The van der Waals surface area contributed by atoms with Crippen LogP contribution in [-0.4, -0.2) is 57.6 Å². The van der Waals surface area contributed by atoms with Gasteiger partial charge in [0.25, 0.3) is 0 Å². The number of ether oxygens (including phenoxy) is 1. The summed E-state index contributed by atoms with van der Waals surface area (Å²) < 4.78 is 31.5. The van der Waals surface area contributed by atoms with Crippen LogP contribution in [0.5, 0.6) is 5.75 Å². The van der Waals surface area contributed by atoms with Crippen molar-refractivity contribution in [1.29, 1.82) is 0 Å². The molecule has 8 nitrogen and oxygen atoms in total. The highest BCUT2D eigenvalue weighted by Gasteiger charge is 2.31. The molecule has 1 atom stereocenters.